The van der Waals surface area contributed by atoms with E-state index < -0.39 is 17.7 Å². The Balaban J connectivity index is 1.96. The second-order valence-corrected chi connectivity index (χ2v) is 7.26. The Kier molecular flexibility index (Phi) is 6.34. The van der Waals surface area contributed by atoms with E-state index in [-0.39, 0.29) is 42.8 Å². The average molecular weight is 411 g/mol. The molecule has 1 fully saturated rings. The fourth-order valence-corrected chi connectivity index (χ4v) is 3.76. The van der Waals surface area contributed by atoms with Crippen LogP contribution in [0.1, 0.15) is 46.3 Å². The normalized spacial score (nSPS) is 14.4. The molecule has 0 bridgehead atoms. The zero-order chi connectivity index (χ0) is 21.8. The van der Waals surface area contributed by atoms with Crippen LogP contribution in [0.3, 0.4) is 0 Å². The number of hydrogen-bond acceptors (Lipinski definition) is 5. The zero-order valence-corrected chi connectivity index (χ0v) is 17.1. The summed E-state index contributed by atoms with van der Waals surface area (Å²) in [4.78, 5) is 54.3. The van der Waals surface area contributed by atoms with Gasteiger partial charge in [0.2, 0.25) is 5.91 Å². The molecule has 0 atom stereocenters. The summed E-state index contributed by atoms with van der Waals surface area (Å²) in [5.74, 6) is -2.64. The van der Waals surface area contributed by atoms with Crippen molar-refractivity contribution in [2.75, 3.05) is 19.7 Å². The number of piperidine rings is 1. The molecule has 0 spiro atoms. The molecule has 1 saturated heterocycles. The van der Waals surface area contributed by atoms with Crippen LogP contribution in [0.2, 0.25) is 0 Å². The lowest BCUT2D eigenvalue weighted by atomic mass is 9.95. The monoisotopic (exact) mass is 411 g/mol. The molecular weight excluding hydrogens is 386 g/mol. The van der Waals surface area contributed by atoms with E-state index in [9.17, 15) is 19.2 Å². The van der Waals surface area contributed by atoms with Crippen LogP contribution in [0.5, 0.6) is 0 Å². The SMILES string of the molecule is CCOC(=O)c1c(C)[nH]c(C(=O)C(=O)N2CCC(C(N)=O)CC2)c1-c1ccccc1. The summed E-state index contributed by atoms with van der Waals surface area (Å²) in [6.07, 6.45) is 0.857. The van der Waals surface area contributed by atoms with Crippen molar-refractivity contribution in [2.24, 2.45) is 11.7 Å². The summed E-state index contributed by atoms with van der Waals surface area (Å²) in [7, 11) is 0. The van der Waals surface area contributed by atoms with Gasteiger partial charge >= 0.3 is 5.97 Å². The number of likely N-dealkylation sites (tertiary alicyclic amines) is 1. The predicted molar refractivity (Wildman–Crippen MR) is 110 cm³/mol. The molecule has 1 aromatic heterocycles. The number of amides is 2. The van der Waals surface area contributed by atoms with Crippen molar-refractivity contribution >= 4 is 23.6 Å². The first-order chi connectivity index (χ1) is 14.3. The Morgan fingerprint density at radius 2 is 1.77 bits per heavy atom. The molecule has 1 aromatic carbocycles. The van der Waals surface area contributed by atoms with Gasteiger partial charge in [0, 0.05) is 30.3 Å². The number of benzene rings is 1. The van der Waals surface area contributed by atoms with Gasteiger partial charge in [-0.25, -0.2) is 4.79 Å². The number of ketones is 1. The Morgan fingerprint density at radius 1 is 1.13 bits per heavy atom. The van der Waals surface area contributed by atoms with Gasteiger partial charge in [-0.1, -0.05) is 30.3 Å². The molecule has 2 amide bonds. The van der Waals surface area contributed by atoms with Crippen LogP contribution in [-0.4, -0.2) is 53.1 Å². The second-order valence-electron chi connectivity index (χ2n) is 7.26. The van der Waals surface area contributed by atoms with Gasteiger partial charge < -0.3 is 20.4 Å². The summed E-state index contributed by atoms with van der Waals surface area (Å²) in [5, 5.41) is 0. The van der Waals surface area contributed by atoms with E-state index >= 15 is 0 Å². The molecule has 2 heterocycles. The predicted octanol–water partition coefficient (Wildman–Crippen LogP) is 2.07. The first-order valence-corrected chi connectivity index (χ1v) is 9.93. The molecule has 3 N–H and O–H groups in total. The number of nitrogens with two attached hydrogens (primary N) is 1. The van der Waals surface area contributed by atoms with Gasteiger partial charge in [0.15, 0.2) is 0 Å². The number of hydrogen-bond donors (Lipinski definition) is 2. The van der Waals surface area contributed by atoms with Crippen LogP contribution in [0.15, 0.2) is 30.3 Å². The lowest BCUT2D eigenvalue weighted by molar-refractivity contribution is -0.131. The van der Waals surface area contributed by atoms with Crippen LogP contribution >= 0.6 is 0 Å². The lowest BCUT2D eigenvalue weighted by Crippen LogP contribution is -2.44. The molecule has 3 rings (SSSR count). The first-order valence-electron chi connectivity index (χ1n) is 9.93. The largest absolute Gasteiger partial charge is 0.462 e. The van der Waals surface area contributed by atoms with Gasteiger partial charge in [0.25, 0.3) is 11.7 Å². The Bertz CT molecular complexity index is 972. The number of aryl methyl sites for hydroxylation is 1. The minimum absolute atomic E-state index is 0.0591. The lowest BCUT2D eigenvalue weighted by Gasteiger charge is -2.30. The highest BCUT2D eigenvalue weighted by Gasteiger charge is 2.34. The van der Waals surface area contributed by atoms with E-state index in [0.717, 1.165) is 0 Å². The quantitative estimate of drug-likeness (QED) is 0.428. The summed E-state index contributed by atoms with van der Waals surface area (Å²) < 4.78 is 5.17. The summed E-state index contributed by atoms with van der Waals surface area (Å²) in [5.41, 5.74) is 7.09. The highest BCUT2D eigenvalue weighted by Crippen LogP contribution is 2.32. The third-order valence-corrected chi connectivity index (χ3v) is 5.34. The standard InChI is InChI=1S/C22H25N3O5/c1-3-30-22(29)16-13(2)24-18(17(16)14-7-5-4-6-8-14)19(26)21(28)25-11-9-15(10-12-25)20(23)27/h4-8,15,24H,3,9-12H2,1-2H3,(H2,23,27). The van der Waals surface area contributed by atoms with Gasteiger partial charge in [-0.05, 0) is 32.3 Å². The van der Waals surface area contributed by atoms with Crippen molar-refractivity contribution in [3.63, 3.8) is 0 Å². The van der Waals surface area contributed by atoms with Gasteiger partial charge in [-0.2, -0.15) is 0 Å². The number of esters is 1. The summed E-state index contributed by atoms with van der Waals surface area (Å²) >= 11 is 0. The first kappa shape index (κ1) is 21.3. The van der Waals surface area contributed by atoms with E-state index in [0.29, 0.717) is 29.7 Å². The Labute approximate surface area is 174 Å². The number of carbonyl (C=O) groups is 4. The number of rotatable bonds is 6. The fraction of sp³-hybridized carbons (Fsp3) is 0.364. The molecule has 0 aliphatic carbocycles. The number of primary amides is 1. The molecule has 0 unspecified atom stereocenters. The van der Waals surface area contributed by atoms with Crippen LogP contribution in [0.4, 0.5) is 0 Å². The number of H-pyrrole nitrogens is 1. The van der Waals surface area contributed by atoms with E-state index in [1.807, 2.05) is 6.07 Å². The Morgan fingerprint density at radius 3 is 2.33 bits per heavy atom. The minimum atomic E-state index is -0.731. The summed E-state index contributed by atoms with van der Waals surface area (Å²) in [6.45, 7) is 4.12. The van der Waals surface area contributed by atoms with Crippen molar-refractivity contribution in [1.29, 1.82) is 0 Å². The van der Waals surface area contributed by atoms with Crippen LogP contribution in [0, 0.1) is 12.8 Å². The molecule has 0 saturated carbocycles. The maximum atomic E-state index is 13.1. The number of ether oxygens (including phenoxy) is 1. The molecule has 0 radical (unpaired) electrons. The molecule has 8 nitrogen and oxygen atoms in total. The van der Waals surface area contributed by atoms with Crippen LogP contribution < -0.4 is 5.73 Å². The second kappa shape index (κ2) is 8.94. The number of nitrogens with zero attached hydrogens (tertiary/aromatic N) is 1. The van der Waals surface area contributed by atoms with Crippen molar-refractivity contribution in [3.8, 4) is 11.1 Å². The molecular formula is C22H25N3O5. The van der Waals surface area contributed by atoms with E-state index in [4.69, 9.17) is 10.5 Å². The van der Waals surface area contributed by atoms with Crippen molar-refractivity contribution in [1.82, 2.24) is 9.88 Å². The maximum absolute atomic E-state index is 13.1. The molecule has 1 aliphatic rings. The van der Waals surface area contributed by atoms with E-state index in [1.165, 1.54) is 4.90 Å². The number of aromatic amines is 1. The Hall–Kier alpha value is -3.42. The van der Waals surface area contributed by atoms with Crippen molar-refractivity contribution in [3.05, 3.63) is 47.3 Å². The molecule has 2 aromatic rings. The minimum Gasteiger partial charge on any atom is -0.462 e. The molecule has 8 heteroatoms. The average Bonchev–Trinajstić information content (AvgIpc) is 3.10. The van der Waals surface area contributed by atoms with Crippen molar-refractivity contribution in [2.45, 2.75) is 26.7 Å². The fourth-order valence-electron chi connectivity index (χ4n) is 3.76. The highest BCUT2D eigenvalue weighted by molar-refractivity contribution is 6.43. The summed E-state index contributed by atoms with van der Waals surface area (Å²) in [6, 6.07) is 8.94. The maximum Gasteiger partial charge on any atom is 0.340 e. The molecule has 158 valence electrons. The number of aromatic nitrogens is 1. The van der Waals surface area contributed by atoms with Crippen LogP contribution in [0.25, 0.3) is 11.1 Å². The van der Waals surface area contributed by atoms with Gasteiger partial charge in [0.1, 0.15) is 5.69 Å². The van der Waals surface area contributed by atoms with E-state index in [1.54, 1.807) is 38.1 Å². The van der Waals surface area contributed by atoms with Gasteiger partial charge in [0.05, 0.1) is 12.2 Å². The molecule has 30 heavy (non-hydrogen) atoms. The third kappa shape index (κ3) is 4.12. The van der Waals surface area contributed by atoms with Crippen LogP contribution in [-0.2, 0) is 14.3 Å². The topological polar surface area (TPSA) is 123 Å². The smallest absolute Gasteiger partial charge is 0.340 e. The van der Waals surface area contributed by atoms with E-state index in [2.05, 4.69) is 4.98 Å². The number of nitrogens with one attached hydrogen (secondary N) is 1. The number of carbonyl (C=O) groups excluding carboxylic acids is 4. The van der Waals surface area contributed by atoms with Gasteiger partial charge in [-0.3, -0.25) is 14.4 Å². The van der Waals surface area contributed by atoms with Crippen molar-refractivity contribution < 1.29 is 23.9 Å². The molecule has 1 aliphatic heterocycles. The highest BCUT2D eigenvalue weighted by atomic mass is 16.5. The zero-order valence-electron chi connectivity index (χ0n) is 17.1. The number of Topliss-reactive ketones (excluding diaryl/α,β-unsaturated/α-hetero) is 1. The van der Waals surface area contributed by atoms with Gasteiger partial charge in [-0.15, -0.1) is 0 Å². The third-order valence-electron chi connectivity index (χ3n) is 5.34.